The number of likely N-dealkylation sites (tertiary alicyclic amines) is 1. The lowest BCUT2D eigenvalue weighted by atomic mass is 10.0. The van der Waals surface area contributed by atoms with Gasteiger partial charge in [-0.15, -0.1) is 0 Å². The van der Waals surface area contributed by atoms with Crippen LogP contribution in [0.4, 0.5) is 0 Å². The summed E-state index contributed by atoms with van der Waals surface area (Å²) in [7, 11) is 0. The normalized spacial score (nSPS) is 17.0. The van der Waals surface area contributed by atoms with Crippen LogP contribution in [-0.2, 0) is 6.42 Å². The van der Waals surface area contributed by atoms with E-state index in [1.807, 2.05) is 0 Å². The quantitative estimate of drug-likeness (QED) is 0.669. The standard InChI is InChI=1S/C20H35N3/c1-3-22(4-2)15-8-14-21-20-12-17-23(18-13-20)16-11-19-9-6-5-7-10-19/h5-7,9-10,20-21H,3-4,8,11-18H2,1-2H3. The number of hydrogen-bond acceptors (Lipinski definition) is 3. The van der Waals surface area contributed by atoms with Gasteiger partial charge in [-0.2, -0.15) is 0 Å². The highest BCUT2D eigenvalue weighted by Crippen LogP contribution is 2.11. The first-order valence-corrected chi connectivity index (χ1v) is 9.53. The Kier molecular flexibility index (Phi) is 8.66. The van der Waals surface area contributed by atoms with Gasteiger partial charge in [0, 0.05) is 12.6 Å². The van der Waals surface area contributed by atoms with Crippen LogP contribution in [-0.4, -0.2) is 61.7 Å². The molecule has 0 aromatic heterocycles. The molecule has 1 fully saturated rings. The summed E-state index contributed by atoms with van der Waals surface area (Å²) in [5.41, 5.74) is 1.46. The van der Waals surface area contributed by atoms with Crippen molar-refractivity contribution in [3.05, 3.63) is 35.9 Å². The van der Waals surface area contributed by atoms with Crippen molar-refractivity contribution in [3.63, 3.8) is 0 Å². The van der Waals surface area contributed by atoms with Crippen LogP contribution >= 0.6 is 0 Å². The van der Waals surface area contributed by atoms with Gasteiger partial charge in [0.05, 0.1) is 0 Å². The largest absolute Gasteiger partial charge is 0.314 e. The first-order chi connectivity index (χ1) is 11.3. The van der Waals surface area contributed by atoms with Gasteiger partial charge in [0.2, 0.25) is 0 Å². The predicted molar refractivity (Wildman–Crippen MR) is 100 cm³/mol. The second-order valence-corrected chi connectivity index (χ2v) is 6.69. The van der Waals surface area contributed by atoms with Gasteiger partial charge in [-0.3, -0.25) is 0 Å². The molecule has 1 aliphatic heterocycles. The molecule has 1 aromatic carbocycles. The summed E-state index contributed by atoms with van der Waals surface area (Å²) in [6.07, 6.45) is 5.07. The van der Waals surface area contributed by atoms with E-state index in [4.69, 9.17) is 0 Å². The molecule has 0 saturated carbocycles. The second kappa shape index (κ2) is 10.8. The monoisotopic (exact) mass is 317 g/mol. The maximum absolute atomic E-state index is 3.77. The van der Waals surface area contributed by atoms with Gasteiger partial charge in [-0.05, 0) is 70.5 Å². The van der Waals surface area contributed by atoms with Crippen molar-refractivity contribution in [1.29, 1.82) is 0 Å². The van der Waals surface area contributed by atoms with E-state index in [0.29, 0.717) is 0 Å². The highest BCUT2D eigenvalue weighted by atomic mass is 15.1. The van der Waals surface area contributed by atoms with Crippen LogP contribution in [0.2, 0.25) is 0 Å². The molecule has 0 unspecified atom stereocenters. The predicted octanol–water partition coefficient (Wildman–Crippen LogP) is 3.02. The minimum absolute atomic E-state index is 0.736. The highest BCUT2D eigenvalue weighted by Gasteiger charge is 2.18. The smallest absolute Gasteiger partial charge is 0.00914 e. The SMILES string of the molecule is CCN(CC)CCCNC1CCN(CCc2ccccc2)CC1. The minimum Gasteiger partial charge on any atom is -0.314 e. The first kappa shape index (κ1) is 18.4. The van der Waals surface area contributed by atoms with Crippen molar-refractivity contribution in [1.82, 2.24) is 15.1 Å². The van der Waals surface area contributed by atoms with Crippen LogP contribution in [0, 0.1) is 0 Å². The third-order valence-corrected chi connectivity index (χ3v) is 5.13. The van der Waals surface area contributed by atoms with Crippen molar-refractivity contribution in [2.75, 3.05) is 45.8 Å². The van der Waals surface area contributed by atoms with Gasteiger partial charge in [0.15, 0.2) is 0 Å². The van der Waals surface area contributed by atoms with Gasteiger partial charge in [0.1, 0.15) is 0 Å². The third-order valence-electron chi connectivity index (χ3n) is 5.13. The number of piperidine rings is 1. The molecule has 2 rings (SSSR count). The van der Waals surface area contributed by atoms with Crippen molar-refractivity contribution in [2.24, 2.45) is 0 Å². The Morgan fingerprint density at radius 3 is 2.43 bits per heavy atom. The van der Waals surface area contributed by atoms with Gasteiger partial charge in [0.25, 0.3) is 0 Å². The van der Waals surface area contributed by atoms with E-state index in [9.17, 15) is 0 Å². The van der Waals surface area contributed by atoms with E-state index in [1.165, 1.54) is 77.1 Å². The van der Waals surface area contributed by atoms with Crippen molar-refractivity contribution < 1.29 is 0 Å². The third kappa shape index (κ3) is 7.03. The summed E-state index contributed by atoms with van der Waals surface area (Å²) in [5.74, 6) is 0. The molecule has 130 valence electrons. The van der Waals surface area contributed by atoms with Gasteiger partial charge >= 0.3 is 0 Å². The fourth-order valence-corrected chi connectivity index (χ4v) is 3.44. The molecule has 1 saturated heterocycles. The van der Waals surface area contributed by atoms with E-state index >= 15 is 0 Å². The number of rotatable bonds is 10. The molecule has 0 radical (unpaired) electrons. The molecule has 1 N–H and O–H groups in total. The Morgan fingerprint density at radius 2 is 1.78 bits per heavy atom. The van der Waals surface area contributed by atoms with E-state index in [-0.39, 0.29) is 0 Å². The Hall–Kier alpha value is -0.900. The zero-order chi connectivity index (χ0) is 16.3. The van der Waals surface area contributed by atoms with Crippen LogP contribution in [0.25, 0.3) is 0 Å². The van der Waals surface area contributed by atoms with Gasteiger partial charge < -0.3 is 15.1 Å². The summed E-state index contributed by atoms with van der Waals surface area (Å²) >= 11 is 0. The van der Waals surface area contributed by atoms with Gasteiger partial charge in [-0.25, -0.2) is 0 Å². The molecule has 1 aromatic rings. The second-order valence-electron chi connectivity index (χ2n) is 6.69. The topological polar surface area (TPSA) is 18.5 Å². The molecule has 1 aliphatic rings. The lowest BCUT2D eigenvalue weighted by molar-refractivity contribution is 0.198. The number of nitrogens with one attached hydrogen (secondary N) is 1. The summed E-state index contributed by atoms with van der Waals surface area (Å²) < 4.78 is 0. The maximum Gasteiger partial charge on any atom is 0.00914 e. The van der Waals surface area contributed by atoms with Crippen molar-refractivity contribution in [2.45, 2.75) is 45.6 Å². The summed E-state index contributed by atoms with van der Waals surface area (Å²) in [5, 5.41) is 3.77. The lowest BCUT2D eigenvalue weighted by Gasteiger charge is -2.32. The molecule has 0 aliphatic carbocycles. The fraction of sp³-hybridized carbons (Fsp3) is 0.700. The average Bonchev–Trinajstić information content (AvgIpc) is 2.62. The molecule has 0 spiro atoms. The van der Waals surface area contributed by atoms with Crippen LogP contribution in [0.3, 0.4) is 0 Å². The van der Waals surface area contributed by atoms with Crippen LogP contribution in [0.1, 0.15) is 38.7 Å². The maximum atomic E-state index is 3.77. The number of benzene rings is 1. The van der Waals surface area contributed by atoms with E-state index < -0.39 is 0 Å². The van der Waals surface area contributed by atoms with Crippen LogP contribution in [0.15, 0.2) is 30.3 Å². The summed E-state index contributed by atoms with van der Waals surface area (Å²) in [6, 6.07) is 11.6. The molecule has 3 heteroatoms. The van der Waals surface area contributed by atoms with Crippen LogP contribution < -0.4 is 5.32 Å². The molecular formula is C20H35N3. The van der Waals surface area contributed by atoms with E-state index in [1.54, 1.807) is 0 Å². The Labute approximate surface area is 143 Å². The molecule has 1 heterocycles. The Balaban J connectivity index is 1.53. The molecule has 0 atom stereocenters. The van der Waals surface area contributed by atoms with Crippen molar-refractivity contribution >= 4 is 0 Å². The number of nitrogens with zero attached hydrogens (tertiary/aromatic N) is 2. The minimum atomic E-state index is 0.736. The first-order valence-electron chi connectivity index (χ1n) is 9.53. The number of hydrogen-bond donors (Lipinski definition) is 1. The summed E-state index contributed by atoms with van der Waals surface area (Å²) in [4.78, 5) is 5.13. The van der Waals surface area contributed by atoms with E-state index in [0.717, 1.165) is 6.04 Å². The average molecular weight is 318 g/mol. The molecule has 3 nitrogen and oxygen atoms in total. The van der Waals surface area contributed by atoms with E-state index in [2.05, 4.69) is 59.3 Å². The zero-order valence-electron chi connectivity index (χ0n) is 15.1. The zero-order valence-corrected chi connectivity index (χ0v) is 15.1. The molecule has 23 heavy (non-hydrogen) atoms. The molecular weight excluding hydrogens is 282 g/mol. The molecule has 0 bridgehead atoms. The van der Waals surface area contributed by atoms with Gasteiger partial charge in [-0.1, -0.05) is 44.2 Å². The van der Waals surface area contributed by atoms with Crippen LogP contribution in [0.5, 0.6) is 0 Å². The van der Waals surface area contributed by atoms with Crippen molar-refractivity contribution in [3.8, 4) is 0 Å². The Bertz CT molecular complexity index is 395. The summed E-state index contributed by atoms with van der Waals surface area (Å²) in [6.45, 7) is 13.0. The fourth-order valence-electron chi connectivity index (χ4n) is 3.44. The highest BCUT2D eigenvalue weighted by molar-refractivity contribution is 5.14. The molecule has 0 amide bonds. The Morgan fingerprint density at radius 1 is 1.09 bits per heavy atom. The lowest BCUT2D eigenvalue weighted by Crippen LogP contribution is -2.43.